The van der Waals surface area contributed by atoms with Crippen LogP contribution < -0.4 is 4.72 Å². The predicted molar refractivity (Wildman–Crippen MR) is 84.1 cm³/mol. The van der Waals surface area contributed by atoms with Crippen molar-refractivity contribution < 1.29 is 12.8 Å². The van der Waals surface area contributed by atoms with E-state index in [2.05, 4.69) is 4.72 Å². The molecule has 21 heavy (non-hydrogen) atoms. The molecule has 0 aliphatic heterocycles. The molecule has 0 atom stereocenters. The third-order valence-electron chi connectivity index (χ3n) is 2.59. The standard InChI is InChI=1S/C13H9Cl3FNO2S/c14-10-2-1-3-11(15)9(10)7-21(19,20)18-8-4-5-13(17)12(16)6-8/h1-6,18H,7H2. The molecule has 2 aromatic carbocycles. The van der Waals surface area contributed by atoms with Crippen molar-refractivity contribution in [1.82, 2.24) is 0 Å². The smallest absolute Gasteiger partial charge is 0.237 e. The summed E-state index contributed by atoms with van der Waals surface area (Å²) in [5.41, 5.74) is 0.450. The highest BCUT2D eigenvalue weighted by molar-refractivity contribution is 7.91. The van der Waals surface area contributed by atoms with E-state index in [1.807, 2.05) is 0 Å². The highest BCUT2D eigenvalue weighted by atomic mass is 35.5. The van der Waals surface area contributed by atoms with Gasteiger partial charge in [-0.2, -0.15) is 0 Å². The van der Waals surface area contributed by atoms with Gasteiger partial charge in [0.15, 0.2) is 0 Å². The first-order valence-corrected chi connectivity index (χ1v) is 8.45. The van der Waals surface area contributed by atoms with E-state index >= 15 is 0 Å². The van der Waals surface area contributed by atoms with Crippen LogP contribution in [0.2, 0.25) is 15.1 Å². The number of sulfonamides is 1. The summed E-state index contributed by atoms with van der Waals surface area (Å²) >= 11 is 17.5. The first-order valence-electron chi connectivity index (χ1n) is 5.67. The zero-order valence-corrected chi connectivity index (χ0v) is 13.5. The molecular weight excluding hydrogens is 360 g/mol. The van der Waals surface area contributed by atoms with Gasteiger partial charge in [-0.1, -0.05) is 40.9 Å². The van der Waals surface area contributed by atoms with Crippen LogP contribution in [-0.2, 0) is 15.8 Å². The SMILES string of the molecule is O=S(=O)(Cc1c(Cl)cccc1Cl)Nc1ccc(F)c(Cl)c1. The van der Waals surface area contributed by atoms with Gasteiger partial charge < -0.3 is 0 Å². The second-order valence-electron chi connectivity index (χ2n) is 4.19. The van der Waals surface area contributed by atoms with E-state index in [-0.39, 0.29) is 20.8 Å². The van der Waals surface area contributed by atoms with Gasteiger partial charge in [-0.3, -0.25) is 4.72 Å². The summed E-state index contributed by atoms with van der Waals surface area (Å²) in [6.07, 6.45) is 0. The van der Waals surface area contributed by atoms with Gasteiger partial charge in [0.05, 0.1) is 16.5 Å². The Morgan fingerprint density at radius 3 is 2.19 bits per heavy atom. The van der Waals surface area contributed by atoms with E-state index in [4.69, 9.17) is 34.8 Å². The van der Waals surface area contributed by atoms with Crippen LogP contribution in [0, 0.1) is 5.82 Å². The molecule has 3 nitrogen and oxygen atoms in total. The van der Waals surface area contributed by atoms with Crippen molar-refractivity contribution in [3.63, 3.8) is 0 Å². The Hall–Kier alpha value is -1.01. The van der Waals surface area contributed by atoms with E-state index < -0.39 is 21.6 Å². The van der Waals surface area contributed by atoms with Gasteiger partial charge in [0.2, 0.25) is 10.0 Å². The summed E-state index contributed by atoms with van der Waals surface area (Å²) in [4.78, 5) is 0. The predicted octanol–water partition coefficient (Wildman–Crippen LogP) is 4.73. The lowest BCUT2D eigenvalue weighted by Crippen LogP contribution is -2.15. The van der Waals surface area contributed by atoms with Gasteiger partial charge in [-0.15, -0.1) is 0 Å². The number of hydrogen-bond donors (Lipinski definition) is 1. The molecule has 0 spiro atoms. The first-order chi connectivity index (χ1) is 9.78. The Morgan fingerprint density at radius 1 is 1.00 bits per heavy atom. The van der Waals surface area contributed by atoms with Gasteiger partial charge in [0.1, 0.15) is 5.82 Å². The van der Waals surface area contributed by atoms with Gasteiger partial charge in [0, 0.05) is 15.6 Å². The molecule has 0 amide bonds. The lowest BCUT2D eigenvalue weighted by Gasteiger charge is -2.11. The molecule has 1 N–H and O–H groups in total. The van der Waals surface area contributed by atoms with Crippen LogP contribution in [-0.4, -0.2) is 8.42 Å². The van der Waals surface area contributed by atoms with Crippen molar-refractivity contribution in [2.24, 2.45) is 0 Å². The largest absolute Gasteiger partial charge is 0.283 e. The maximum absolute atomic E-state index is 13.0. The van der Waals surface area contributed by atoms with Gasteiger partial charge in [-0.25, -0.2) is 12.8 Å². The monoisotopic (exact) mass is 367 g/mol. The minimum atomic E-state index is -3.76. The van der Waals surface area contributed by atoms with Crippen molar-refractivity contribution in [3.8, 4) is 0 Å². The molecule has 2 aromatic rings. The highest BCUT2D eigenvalue weighted by Crippen LogP contribution is 2.27. The van der Waals surface area contributed by atoms with Crippen molar-refractivity contribution in [3.05, 3.63) is 62.8 Å². The average Bonchev–Trinajstić information content (AvgIpc) is 2.38. The molecule has 0 bridgehead atoms. The maximum atomic E-state index is 13.0. The molecule has 112 valence electrons. The topological polar surface area (TPSA) is 46.2 Å². The molecule has 0 saturated carbocycles. The number of hydrogen-bond acceptors (Lipinski definition) is 2. The van der Waals surface area contributed by atoms with E-state index in [1.165, 1.54) is 12.1 Å². The number of anilines is 1. The van der Waals surface area contributed by atoms with Crippen LogP contribution >= 0.6 is 34.8 Å². The Balaban J connectivity index is 2.25. The van der Waals surface area contributed by atoms with E-state index in [0.717, 1.165) is 6.07 Å². The van der Waals surface area contributed by atoms with E-state index in [0.29, 0.717) is 5.56 Å². The van der Waals surface area contributed by atoms with E-state index in [1.54, 1.807) is 18.2 Å². The lowest BCUT2D eigenvalue weighted by atomic mass is 10.2. The fourth-order valence-electron chi connectivity index (χ4n) is 1.64. The van der Waals surface area contributed by atoms with Gasteiger partial charge >= 0.3 is 0 Å². The normalized spacial score (nSPS) is 11.4. The second kappa shape index (κ2) is 6.40. The Bertz CT molecular complexity index is 761. The third kappa shape index (κ3) is 4.23. The second-order valence-corrected chi connectivity index (χ2v) is 7.13. The summed E-state index contributed by atoms with van der Waals surface area (Å²) in [5, 5.41) is 0.334. The molecule has 0 aromatic heterocycles. The van der Waals surface area contributed by atoms with Crippen molar-refractivity contribution in [2.45, 2.75) is 5.75 Å². The van der Waals surface area contributed by atoms with E-state index in [9.17, 15) is 12.8 Å². The highest BCUT2D eigenvalue weighted by Gasteiger charge is 2.17. The summed E-state index contributed by atoms with van der Waals surface area (Å²) in [6, 6.07) is 8.24. The Morgan fingerprint density at radius 2 is 1.62 bits per heavy atom. The molecule has 0 unspecified atom stereocenters. The number of halogens is 4. The van der Waals surface area contributed by atoms with Crippen LogP contribution in [0.4, 0.5) is 10.1 Å². The van der Waals surface area contributed by atoms with Gasteiger partial charge in [-0.05, 0) is 30.3 Å². The number of benzene rings is 2. The lowest BCUT2D eigenvalue weighted by molar-refractivity contribution is 0.600. The first kappa shape index (κ1) is 16.4. The Labute approximate surface area is 136 Å². The molecule has 8 heteroatoms. The van der Waals surface area contributed by atoms with Crippen LogP contribution in [0.3, 0.4) is 0 Å². The third-order valence-corrected chi connectivity index (χ3v) is 4.80. The zero-order valence-electron chi connectivity index (χ0n) is 10.4. The fourth-order valence-corrected chi connectivity index (χ4v) is 3.75. The molecule has 2 rings (SSSR count). The Kier molecular flexibility index (Phi) is 4.99. The molecule has 0 aliphatic rings. The van der Waals surface area contributed by atoms with Crippen LogP contribution in [0.15, 0.2) is 36.4 Å². The summed E-state index contributed by atoms with van der Waals surface area (Å²) < 4.78 is 39.5. The van der Waals surface area contributed by atoms with Crippen LogP contribution in [0.5, 0.6) is 0 Å². The summed E-state index contributed by atoms with van der Waals surface area (Å²) in [7, 11) is -3.76. The quantitative estimate of drug-likeness (QED) is 0.848. The minimum Gasteiger partial charge on any atom is -0.283 e. The minimum absolute atomic E-state index is 0.157. The van der Waals surface area contributed by atoms with Gasteiger partial charge in [0.25, 0.3) is 0 Å². The summed E-state index contributed by atoms with van der Waals surface area (Å²) in [5.74, 6) is -1.03. The average molecular weight is 369 g/mol. The van der Waals surface area contributed by atoms with Crippen LogP contribution in [0.25, 0.3) is 0 Å². The number of rotatable bonds is 4. The van der Waals surface area contributed by atoms with Crippen molar-refractivity contribution >= 4 is 50.5 Å². The molecule has 0 heterocycles. The molecular formula is C13H9Cl3FNO2S. The van der Waals surface area contributed by atoms with Crippen molar-refractivity contribution in [1.29, 1.82) is 0 Å². The number of nitrogens with one attached hydrogen (secondary N) is 1. The fraction of sp³-hybridized carbons (Fsp3) is 0.0769. The molecule has 0 aliphatic carbocycles. The maximum Gasteiger partial charge on any atom is 0.237 e. The van der Waals surface area contributed by atoms with Crippen LogP contribution in [0.1, 0.15) is 5.56 Å². The zero-order chi connectivity index (χ0) is 15.6. The summed E-state index contributed by atoms with van der Waals surface area (Å²) in [6.45, 7) is 0. The van der Waals surface area contributed by atoms with Crippen molar-refractivity contribution in [2.75, 3.05) is 4.72 Å². The molecule has 0 radical (unpaired) electrons. The molecule has 0 saturated heterocycles. The molecule has 0 fully saturated rings.